The summed E-state index contributed by atoms with van der Waals surface area (Å²) in [5, 5.41) is 34.8. The van der Waals surface area contributed by atoms with E-state index < -0.39 is 88.9 Å². The number of aliphatic hydroxyl groups is 3. The number of carbonyl (C=O) groups excluding carboxylic acids is 2. The molecule has 0 unspecified atom stereocenters. The Bertz CT molecular complexity index is 1620. The molecule has 2 aromatic carbocycles. The second-order valence-corrected chi connectivity index (χ2v) is 13.1. The van der Waals surface area contributed by atoms with Crippen LogP contribution in [0.25, 0.3) is 0 Å². The van der Waals surface area contributed by atoms with Crippen molar-refractivity contribution in [2.75, 3.05) is 6.61 Å². The third kappa shape index (κ3) is 3.00. The Kier molecular flexibility index (Phi) is 5.61. The van der Waals surface area contributed by atoms with E-state index in [1.54, 1.807) is 74.5 Å². The van der Waals surface area contributed by atoms with Gasteiger partial charge < -0.3 is 39.0 Å². The maximum absolute atomic E-state index is 13.8. The van der Waals surface area contributed by atoms with Gasteiger partial charge in [-0.3, -0.25) is 4.79 Å². The van der Waals surface area contributed by atoms with Crippen molar-refractivity contribution in [2.45, 2.75) is 73.6 Å². The third-order valence-corrected chi connectivity index (χ3v) is 11.1. The van der Waals surface area contributed by atoms with E-state index in [0.717, 1.165) is 0 Å². The fourth-order valence-corrected chi connectivity index (χ4v) is 9.07. The summed E-state index contributed by atoms with van der Waals surface area (Å²) in [5.74, 6) is -5.87. The summed E-state index contributed by atoms with van der Waals surface area (Å²) >= 11 is 0. The molecule has 10 heteroatoms. The van der Waals surface area contributed by atoms with Crippen LogP contribution in [0.15, 0.2) is 84.5 Å². The second-order valence-electron chi connectivity index (χ2n) is 13.1. The molecule has 230 valence electrons. The molecule has 0 amide bonds. The van der Waals surface area contributed by atoms with E-state index >= 15 is 0 Å². The Hall–Kier alpha value is -3.22. The molecule has 0 spiro atoms. The molecule has 0 aromatic heterocycles. The first-order chi connectivity index (χ1) is 20.9. The molecular weight excluding hydrogens is 568 g/mol. The lowest BCUT2D eigenvalue weighted by Crippen LogP contribution is -2.76. The predicted molar refractivity (Wildman–Crippen MR) is 152 cm³/mol. The molecule has 8 rings (SSSR count). The highest BCUT2D eigenvalue weighted by Crippen LogP contribution is 2.74. The smallest absolute Gasteiger partial charge is 0.338 e. The molecule has 3 aliphatic heterocycles. The van der Waals surface area contributed by atoms with Crippen molar-refractivity contribution in [3.8, 4) is 0 Å². The van der Waals surface area contributed by atoms with Gasteiger partial charge in [0.1, 0.15) is 30.0 Å². The van der Waals surface area contributed by atoms with Crippen molar-refractivity contribution in [3.63, 3.8) is 0 Å². The SMILES string of the molecule is C=C(C)[C@@]12O[C@]3(c4ccccc4)O[C@@H]1[C@@H]1[C@H]4O[C@]4(CO)[C@@H](O)[C@]4(O)C(=O)C(C)=C[C@@H]4[C@]1(O3)[C@H](C)[C@@H]2OC(=O)c1ccccc1. The van der Waals surface area contributed by atoms with Crippen LogP contribution >= 0.6 is 0 Å². The first kappa shape index (κ1) is 28.3. The zero-order valence-corrected chi connectivity index (χ0v) is 24.5. The van der Waals surface area contributed by atoms with Gasteiger partial charge in [0.15, 0.2) is 17.0 Å². The number of epoxide rings is 1. The highest BCUT2D eigenvalue weighted by molar-refractivity contribution is 6.05. The number of esters is 1. The minimum absolute atomic E-state index is 0.232. The van der Waals surface area contributed by atoms with Gasteiger partial charge >= 0.3 is 11.9 Å². The maximum Gasteiger partial charge on any atom is 0.338 e. The molecule has 10 nitrogen and oxygen atoms in total. The highest BCUT2D eigenvalue weighted by Gasteiger charge is 2.90. The van der Waals surface area contributed by atoms with Crippen molar-refractivity contribution in [3.05, 3.63) is 95.6 Å². The average Bonchev–Trinajstić information content (AvgIpc) is 3.65. The Labute approximate surface area is 253 Å². The van der Waals surface area contributed by atoms with Gasteiger partial charge in [-0.2, -0.15) is 0 Å². The van der Waals surface area contributed by atoms with Gasteiger partial charge in [-0.25, -0.2) is 4.79 Å². The Morgan fingerprint density at radius 2 is 1.68 bits per heavy atom. The van der Waals surface area contributed by atoms with E-state index in [9.17, 15) is 24.9 Å². The Morgan fingerprint density at radius 1 is 1.02 bits per heavy atom. The first-order valence-corrected chi connectivity index (χ1v) is 14.9. The lowest BCUT2D eigenvalue weighted by atomic mass is 9.53. The van der Waals surface area contributed by atoms with Crippen molar-refractivity contribution in [1.29, 1.82) is 0 Å². The molecule has 2 saturated carbocycles. The third-order valence-electron chi connectivity index (χ3n) is 11.1. The van der Waals surface area contributed by atoms with Crippen LogP contribution in [-0.2, 0) is 34.5 Å². The van der Waals surface area contributed by atoms with Crippen LogP contribution < -0.4 is 0 Å². The number of hydrogen-bond acceptors (Lipinski definition) is 10. The second kappa shape index (κ2) is 8.73. The van der Waals surface area contributed by atoms with Crippen LogP contribution in [0.2, 0.25) is 0 Å². The fourth-order valence-electron chi connectivity index (χ4n) is 9.07. The van der Waals surface area contributed by atoms with Gasteiger partial charge in [0.25, 0.3) is 0 Å². The van der Waals surface area contributed by atoms with E-state index in [-0.39, 0.29) is 5.57 Å². The van der Waals surface area contributed by atoms with E-state index in [2.05, 4.69) is 6.58 Å². The number of ketones is 1. The van der Waals surface area contributed by atoms with Gasteiger partial charge in [-0.1, -0.05) is 68.1 Å². The summed E-state index contributed by atoms with van der Waals surface area (Å²) in [6, 6.07) is 17.6. The number of aliphatic hydroxyl groups excluding tert-OH is 2. The molecule has 3 aliphatic carbocycles. The summed E-state index contributed by atoms with van der Waals surface area (Å²) in [7, 11) is 0. The summed E-state index contributed by atoms with van der Waals surface area (Å²) in [6.07, 6.45) is -3.09. The van der Waals surface area contributed by atoms with Gasteiger partial charge in [-0.15, -0.1) is 0 Å². The summed E-state index contributed by atoms with van der Waals surface area (Å²) in [6.45, 7) is 8.80. The maximum atomic E-state index is 13.8. The molecule has 3 N–H and O–H groups in total. The quantitative estimate of drug-likeness (QED) is 0.265. The molecule has 0 radical (unpaired) electrons. The summed E-state index contributed by atoms with van der Waals surface area (Å²) in [5.41, 5.74) is -5.56. The van der Waals surface area contributed by atoms with E-state index in [1.807, 2.05) is 13.0 Å². The van der Waals surface area contributed by atoms with Crippen LogP contribution in [0.3, 0.4) is 0 Å². The standard InChI is InChI=1S/C34H34O10/c1-17(2)32-25(40-28(37)20-11-7-5-8-12-20)19(4)33-22-15-18(3)24(36)31(22,39)29(38)30(16-35)26(41-30)23(33)27(32)42-34(43-32,44-33)21-13-9-6-10-14-21/h5-15,19,22-23,25-27,29,35,38-39H,1,16H2,2-4H3/t19-,22+,23+,25+,26-,27-,29-,30+,31-,32+,33-,34+/m1/s1. The number of fused-ring (bicyclic) bond motifs is 3. The van der Waals surface area contributed by atoms with Crippen LogP contribution in [-0.4, -0.2) is 80.5 Å². The van der Waals surface area contributed by atoms with Crippen molar-refractivity contribution in [1.82, 2.24) is 0 Å². The fraction of sp³-hybridized carbons (Fsp3) is 0.471. The molecule has 6 aliphatic rings. The largest absolute Gasteiger partial charge is 0.455 e. The number of benzene rings is 2. The number of hydrogen-bond donors (Lipinski definition) is 3. The molecule has 2 aromatic rings. The zero-order valence-electron chi connectivity index (χ0n) is 24.5. The molecule has 12 atom stereocenters. The minimum Gasteiger partial charge on any atom is -0.455 e. The summed E-state index contributed by atoms with van der Waals surface area (Å²) in [4.78, 5) is 27.5. The highest BCUT2D eigenvalue weighted by atomic mass is 16.9. The lowest BCUT2D eigenvalue weighted by Gasteiger charge is -2.61. The van der Waals surface area contributed by atoms with Crippen LogP contribution in [0.4, 0.5) is 0 Å². The van der Waals surface area contributed by atoms with E-state index in [4.69, 9.17) is 23.7 Å². The molecular formula is C34H34O10. The number of Topliss-reactive ketones (excluding diaryl/α,β-unsaturated/α-hetero) is 1. The van der Waals surface area contributed by atoms with Gasteiger partial charge in [0, 0.05) is 23.3 Å². The van der Waals surface area contributed by atoms with Crippen LogP contribution in [0.1, 0.15) is 36.7 Å². The van der Waals surface area contributed by atoms with Crippen molar-refractivity contribution < 1.29 is 48.6 Å². The predicted octanol–water partition coefficient (Wildman–Crippen LogP) is 2.17. The minimum atomic E-state index is -2.42. The zero-order chi connectivity index (χ0) is 31.0. The first-order valence-electron chi connectivity index (χ1n) is 14.9. The number of rotatable bonds is 5. The Balaban J connectivity index is 1.41. The van der Waals surface area contributed by atoms with Crippen LogP contribution in [0, 0.1) is 17.8 Å². The topological polar surface area (TPSA) is 144 Å². The molecule has 5 fully saturated rings. The van der Waals surface area contributed by atoms with Gasteiger partial charge in [0.05, 0.1) is 17.8 Å². The van der Waals surface area contributed by atoms with E-state index in [0.29, 0.717) is 16.7 Å². The van der Waals surface area contributed by atoms with Crippen molar-refractivity contribution >= 4 is 11.8 Å². The molecule has 3 saturated heterocycles. The van der Waals surface area contributed by atoms with Crippen molar-refractivity contribution in [2.24, 2.45) is 17.8 Å². The summed E-state index contributed by atoms with van der Waals surface area (Å²) < 4.78 is 33.4. The number of carbonyl (C=O) groups is 2. The lowest BCUT2D eigenvalue weighted by molar-refractivity contribution is -0.440. The van der Waals surface area contributed by atoms with E-state index in [1.165, 1.54) is 0 Å². The molecule has 3 heterocycles. The Morgan fingerprint density at radius 3 is 2.32 bits per heavy atom. The van der Waals surface area contributed by atoms with Crippen LogP contribution in [0.5, 0.6) is 0 Å². The van der Waals surface area contributed by atoms with Gasteiger partial charge in [0.2, 0.25) is 0 Å². The van der Waals surface area contributed by atoms with Gasteiger partial charge in [-0.05, 0) is 37.1 Å². The molecule has 44 heavy (non-hydrogen) atoms. The average molecular weight is 603 g/mol. The molecule has 3 bridgehead atoms. The monoisotopic (exact) mass is 602 g/mol. The normalized spacial score (nSPS) is 47.6. The number of ether oxygens (including phenoxy) is 5.